The number of carbonyl (C=O) groups is 4. The Bertz CT molecular complexity index is 1470. The summed E-state index contributed by atoms with van der Waals surface area (Å²) in [4.78, 5) is 52.9. The van der Waals surface area contributed by atoms with Gasteiger partial charge in [0.25, 0.3) is 0 Å². The number of para-hydroxylation sites is 4. The van der Waals surface area contributed by atoms with E-state index >= 15 is 0 Å². The topological polar surface area (TPSA) is 151 Å². The van der Waals surface area contributed by atoms with Crippen molar-refractivity contribution in [3.8, 4) is 11.5 Å². The zero-order valence-corrected chi connectivity index (χ0v) is 23.6. The summed E-state index contributed by atoms with van der Waals surface area (Å²) in [6, 6.07) is 19.2. The summed E-state index contributed by atoms with van der Waals surface area (Å²) in [5, 5.41) is 26.6. The van der Waals surface area contributed by atoms with Crippen LogP contribution in [0.2, 0.25) is 0 Å². The Kier molecular flexibility index (Phi) is 9.27. The third-order valence-corrected chi connectivity index (χ3v) is 7.26. The molecule has 1 saturated carbocycles. The molecule has 42 heavy (non-hydrogen) atoms. The van der Waals surface area contributed by atoms with Crippen molar-refractivity contribution in [2.24, 2.45) is 11.8 Å². The molecule has 1 aliphatic rings. The number of amides is 2. The highest BCUT2D eigenvalue weighted by Gasteiger charge is 2.56. The zero-order valence-electron chi connectivity index (χ0n) is 23.6. The molecule has 4 rings (SSSR count). The number of aliphatic hydroxyl groups is 1. The van der Waals surface area contributed by atoms with Crippen LogP contribution < -0.4 is 20.1 Å². The molecule has 0 aliphatic heterocycles. The monoisotopic (exact) mass is 574 g/mol. The van der Waals surface area contributed by atoms with Gasteiger partial charge in [0.15, 0.2) is 0 Å². The molecule has 3 aromatic rings. The van der Waals surface area contributed by atoms with Crippen molar-refractivity contribution < 1.29 is 38.9 Å². The van der Waals surface area contributed by atoms with E-state index in [1.54, 1.807) is 62.4 Å². The molecule has 10 heteroatoms. The number of ketones is 1. The lowest BCUT2D eigenvalue weighted by Crippen LogP contribution is -2.56. The van der Waals surface area contributed by atoms with E-state index in [4.69, 9.17) is 9.47 Å². The summed E-state index contributed by atoms with van der Waals surface area (Å²) in [6.07, 6.45) is -0.451. The minimum absolute atomic E-state index is 0.00840. The molecule has 0 spiro atoms. The van der Waals surface area contributed by atoms with Gasteiger partial charge < -0.3 is 30.3 Å². The van der Waals surface area contributed by atoms with Crippen LogP contribution in [0.5, 0.6) is 11.5 Å². The molecule has 4 atom stereocenters. The van der Waals surface area contributed by atoms with Gasteiger partial charge in [-0.15, -0.1) is 0 Å². The van der Waals surface area contributed by atoms with Crippen LogP contribution in [0, 0.1) is 11.8 Å². The molecule has 3 aromatic carbocycles. The van der Waals surface area contributed by atoms with Crippen molar-refractivity contribution in [1.82, 2.24) is 0 Å². The highest BCUT2D eigenvalue weighted by molar-refractivity contribution is 6.11. The van der Waals surface area contributed by atoms with Gasteiger partial charge in [-0.05, 0) is 62.7 Å². The van der Waals surface area contributed by atoms with Crippen molar-refractivity contribution in [2.45, 2.75) is 38.7 Å². The summed E-state index contributed by atoms with van der Waals surface area (Å²) in [6.45, 7) is 5.70. The largest absolute Gasteiger partial charge is 0.492 e. The summed E-state index contributed by atoms with van der Waals surface area (Å²) >= 11 is 0. The number of rotatable bonds is 10. The second-order valence-electron chi connectivity index (χ2n) is 10.2. The number of ether oxygens (including phenoxy) is 2. The predicted octanol–water partition coefficient (Wildman–Crippen LogP) is 4.50. The Morgan fingerprint density at radius 1 is 0.833 bits per heavy atom. The Balaban J connectivity index is 1.79. The van der Waals surface area contributed by atoms with Crippen LogP contribution in [0.1, 0.15) is 49.0 Å². The first kappa shape index (κ1) is 30.3. The normalized spacial score (nSPS) is 21.7. The molecule has 10 nitrogen and oxygen atoms in total. The van der Waals surface area contributed by atoms with E-state index in [0.29, 0.717) is 41.7 Å². The average Bonchev–Trinajstić information content (AvgIpc) is 2.94. The van der Waals surface area contributed by atoms with Crippen LogP contribution in [0.15, 0.2) is 72.8 Å². The van der Waals surface area contributed by atoms with E-state index in [9.17, 15) is 29.4 Å². The number of aromatic carboxylic acids is 1. The third kappa shape index (κ3) is 6.44. The van der Waals surface area contributed by atoms with Gasteiger partial charge in [-0.25, -0.2) is 4.79 Å². The second kappa shape index (κ2) is 12.9. The number of hydrogen-bond acceptors (Lipinski definition) is 7. The van der Waals surface area contributed by atoms with Crippen LogP contribution in [0.3, 0.4) is 0 Å². The molecule has 0 saturated heterocycles. The minimum Gasteiger partial charge on any atom is -0.492 e. The van der Waals surface area contributed by atoms with Gasteiger partial charge in [0.1, 0.15) is 23.2 Å². The SMILES string of the molecule is CCOc1ccccc1NC(=O)C1C(=O)CC(C)(O)C(C(=O)Nc2ccccc2OCC)C1c1ccc(C(=O)O)cc1. The smallest absolute Gasteiger partial charge is 0.335 e. The third-order valence-electron chi connectivity index (χ3n) is 7.26. The highest BCUT2D eigenvalue weighted by atomic mass is 16.5. The average molecular weight is 575 g/mol. The Morgan fingerprint density at radius 3 is 1.83 bits per heavy atom. The first-order chi connectivity index (χ1) is 20.1. The van der Waals surface area contributed by atoms with Gasteiger partial charge in [-0.1, -0.05) is 36.4 Å². The lowest BCUT2D eigenvalue weighted by molar-refractivity contribution is -0.150. The van der Waals surface area contributed by atoms with E-state index in [0.717, 1.165) is 0 Å². The van der Waals surface area contributed by atoms with Crippen LogP contribution in [-0.4, -0.2) is 52.6 Å². The van der Waals surface area contributed by atoms with E-state index in [2.05, 4.69) is 10.6 Å². The molecule has 220 valence electrons. The van der Waals surface area contributed by atoms with Gasteiger partial charge in [0, 0.05) is 12.3 Å². The lowest BCUT2D eigenvalue weighted by atomic mass is 9.61. The van der Waals surface area contributed by atoms with Crippen molar-refractivity contribution >= 4 is 34.9 Å². The molecular formula is C32H34N2O8. The fraction of sp³-hybridized carbons (Fsp3) is 0.312. The van der Waals surface area contributed by atoms with Gasteiger partial charge >= 0.3 is 5.97 Å². The van der Waals surface area contributed by atoms with Gasteiger partial charge in [-0.2, -0.15) is 0 Å². The van der Waals surface area contributed by atoms with Gasteiger partial charge in [0.2, 0.25) is 11.8 Å². The van der Waals surface area contributed by atoms with E-state index in [-0.39, 0.29) is 5.56 Å². The first-order valence-corrected chi connectivity index (χ1v) is 13.7. The van der Waals surface area contributed by atoms with Gasteiger partial charge in [-0.3, -0.25) is 14.4 Å². The van der Waals surface area contributed by atoms with Crippen molar-refractivity contribution in [3.05, 3.63) is 83.9 Å². The fourth-order valence-electron chi connectivity index (χ4n) is 5.46. The molecule has 0 aromatic heterocycles. The number of nitrogens with one attached hydrogen (secondary N) is 2. The maximum atomic E-state index is 14.0. The number of carbonyl (C=O) groups excluding carboxylic acids is 3. The fourth-order valence-corrected chi connectivity index (χ4v) is 5.46. The molecule has 0 bridgehead atoms. The second-order valence-corrected chi connectivity index (χ2v) is 10.2. The molecule has 2 amide bonds. The number of carboxylic acid groups (broad SMARTS) is 1. The van der Waals surface area contributed by atoms with Crippen molar-refractivity contribution in [1.29, 1.82) is 0 Å². The standard InChI is InChI=1S/C32H34N2O8/c1-4-41-24-12-8-6-10-21(24)33-29(36)27-23(35)18-32(3,40)28(26(27)19-14-16-20(17-15-19)31(38)39)30(37)34-22-11-7-9-13-25(22)42-5-2/h6-17,26-28,40H,4-5,18H2,1-3H3,(H,33,36)(H,34,37)(H,38,39). The summed E-state index contributed by atoms with van der Waals surface area (Å²) in [5.41, 5.74) is -0.779. The molecule has 4 N–H and O–H groups in total. The summed E-state index contributed by atoms with van der Waals surface area (Å²) < 4.78 is 11.3. The number of benzene rings is 3. The number of hydrogen-bond donors (Lipinski definition) is 4. The molecule has 1 aliphatic carbocycles. The highest BCUT2D eigenvalue weighted by Crippen LogP contribution is 2.47. The maximum Gasteiger partial charge on any atom is 0.335 e. The molecule has 0 heterocycles. The Labute approximate surface area is 243 Å². The van der Waals surface area contributed by atoms with Crippen LogP contribution in [-0.2, 0) is 14.4 Å². The maximum absolute atomic E-state index is 14.0. The zero-order chi connectivity index (χ0) is 30.4. The number of Topliss-reactive ketones (excluding diaryl/α,β-unsaturated/α-hetero) is 1. The van der Waals surface area contributed by atoms with Crippen LogP contribution in [0.25, 0.3) is 0 Å². The Hall–Kier alpha value is -4.70. The molecule has 0 radical (unpaired) electrons. The molecular weight excluding hydrogens is 540 g/mol. The summed E-state index contributed by atoms with van der Waals surface area (Å²) in [7, 11) is 0. The Morgan fingerprint density at radius 2 is 1.33 bits per heavy atom. The van der Waals surface area contributed by atoms with Crippen LogP contribution in [0.4, 0.5) is 11.4 Å². The van der Waals surface area contributed by atoms with E-state index in [1.807, 2.05) is 0 Å². The quantitative estimate of drug-likeness (QED) is 0.259. The van der Waals surface area contributed by atoms with Crippen molar-refractivity contribution in [2.75, 3.05) is 23.8 Å². The van der Waals surface area contributed by atoms with Crippen molar-refractivity contribution in [3.63, 3.8) is 0 Å². The first-order valence-electron chi connectivity index (χ1n) is 13.7. The lowest BCUT2D eigenvalue weighted by Gasteiger charge is -2.44. The van der Waals surface area contributed by atoms with E-state index in [1.165, 1.54) is 31.2 Å². The van der Waals surface area contributed by atoms with Gasteiger partial charge in [0.05, 0.1) is 41.7 Å². The number of carboxylic acids is 1. The summed E-state index contributed by atoms with van der Waals surface area (Å²) in [5.74, 6) is -5.98. The molecule has 1 fully saturated rings. The van der Waals surface area contributed by atoms with E-state index < -0.39 is 53.3 Å². The number of anilines is 2. The predicted molar refractivity (Wildman–Crippen MR) is 156 cm³/mol. The minimum atomic E-state index is -1.84. The molecule has 4 unspecified atom stereocenters. The van der Waals surface area contributed by atoms with Crippen LogP contribution >= 0.6 is 0 Å².